The maximum absolute atomic E-state index is 12.2. The van der Waals surface area contributed by atoms with E-state index in [0.717, 1.165) is 12.5 Å². The van der Waals surface area contributed by atoms with Crippen LogP contribution in [0.4, 0.5) is 13.2 Å². The predicted molar refractivity (Wildman–Crippen MR) is 68.5 cm³/mol. The molecule has 1 aliphatic rings. The monoisotopic (exact) mass is 265 g/mol. The zero-order valence-corrected chi connectivity index (χ0v) is 11.5. The van der Waals surface area contributed by atoms with E-state index < -0.39 is 12.6 Å². The Labute approximate surface area is 109 Å². The topological polar surface area (TPSA) is 12.0 Å². The van der Waals surface area contributed by atoms with E-state index >= 15 is 0 Å². The molecule has 1 aliphatic carbocycles. The summed E-state index contributed by atoms with van der Waals surface area (Å²) in [5.41, 5.74) is 0. The Morgan fingerprint density at radius 3 is 2.44 bits per heavy atom. The van der Waals surface area contributed by atoms with Crippen molar-refractivity contribution in [3.05, 3.63) is 0 Å². The highest BCUT2D eigenvalue weighted by Gasteiger charge is 2.31. The van der Waals surface area contributed by atoms with Gasteiger partial charge in [-0.15, -0.1) is 0 Å². The van der Waals surface area contributed by atoms with E-state index in [4.69, 9.17) is 0 Å². The van der Waals surface area contributed by atoms with Crippen molar-refractivity contribution < 1.29 is 13.2 Å². The fourth-order valence-electron chi connectivity index (χ4n) is 3.14. The second kappa shape index (κ2) is 7.37. The van der Waals surface area contributed by atoms with Crippen molar-refractivity contribution in [1.29, 1.82) is 0 Å². The van der Waals surface area contributed by atoms with Crippen LogP contribution < -0.4 is 5.32 Å². The zero-order chi connectivity index (χ0) is 13.6. The number of halogens is 3. The van der Waals surface area contributed by atoms with Crippen LogP contribution in [0.5, 0.6) is 0 Å². The lowest BCUT2D eigenvalue weighted by Gasteiger charge is -2.25. The van der Waals surface area contributed by atoms with Crippen LogP contribution in [0.15, 0.2) is 0 Å². The number of hydrogen-bond donors (Lipinski definition) is 1. The van der Waals surface area contributed by atoms with Gasteiger partial charge in [0.1, 0.15) is 0 Å². The third-order valence-electron chi connectivity index (χ3n) is 4.17. The van der Waals surface area contributed by atoms with Crippen LogP contribution in [0.3, 0.4) is 0 Å². The Kier molecular flexibility index (Phi) is 6.47. The molecule has 1 fully saturated rings. The molecule has 1 nitrogen and oxygen atoms in total. The lowest BCUT2D eigenvalue weighted by atomic mass is 9.92. The van der Waals surface area contributed by atoms with E-state index in [2.05, 4.69) is 12.2 Å². The zero-order valence-electron chi connectivity index (χ0n) is 11.5. The minimum atomic E-state index is -4.00. The largest absolute Gasteiger partial charge is 0.389 e. The molecule has 0 amide bonds. The Balaban J connectivity index is 2.35. The summed E-state index contributed by atoms with van der Waals surface area (Å²) in [5.74, 6) is 1.38. The number of alkyl halides is 3. The Morgan fingerprint density at radius 2 is 1.94 bits per heavy atom. The molecule has 0 aromatic rings. The maximum atomic E-state index is 12.2. The SMILES string of the molecule is CCNC(CCCC(F)(F)F)C1CCC(CC)C1. The van der Waals surface area contributed by atoms with E-state index in [1.807, 2.05) is 6.92 Å². The fraction of sp³-hybridized carbons (Fsp3) is 1.00. The van der Waals surface area contributed by atoms with E-state index in [0.29, 0.717) is 12.3 Å². The molecule has 0 aromatic carbocycles. The molecule has 1 N–H and O–H groups in total. The van der Waals surface area contributed by atoms with E-state index in [-0.39, 0.29) is 12.5 Å². The summed E-state index contributed by atoms with van der Waals surface area (Å²) < 4.78 is 36.5. The van der Waals surface area contributed by atoms with Crippen LogP contribution in [0.25, 0.3) is 0 Å². The number of rotatable bonds is 7. The van der Waals surface area contributed by atoms with Crippen LogP contribution in [0.2, 0.25) is 0 Å². The van der Waals surface area contributed by atoms with Crippen molar-refractivity contribution in [2.45, 2.75) is 71.0 Å². The minimum absolute atomic E-state index is 0.258. The summed E-state index contributed by atoms with van der Waals surface area (Å²) in [7, 11) is 0. The van der Waals surface area contributed by atoms with Gasteiger partial charge in [0.05, 0.1) is 0 Å². The van der Waals surface area contributed by atoms with Crippen molar-refractivity contribution in [2.24, 2.45) is 11.8 Å². The van der Waals surface area contributed by atoms with Gasteiger partial charge in [-0.05, 0) is 44.1 Å². The van der Waals surface area contributed by atoms with E-state index in [9.17, 15) is 13.2 Å². The van der Waals surface area contributed by atoms with Crippen molar-refractivity contribution in [3.63, 3.8) is 0 Å². The van der Waals surface area contributed by atoms with Gasteiger partial charge in [0.25, 0.3) is 0 Å². The van der Waals surface area contributed by atoms with Gasteiger partial charge in [-0.1, -0.05) is 26.7 Å². The Bertz CT molecular complexity index is 228. The summed E-state index contributed by atoms with van der Waals surface area (Å²) in [6, 6.07) is 0.286. The average Bonchev–Trinajstić information content (AvgIpc) is 2.74. The quantitative estimate of drug-likeness (QED) is 0.713. The van der Waals surface area contributed by atoms with Crippen LogP contribution in [0, 0.1) is 11.8 Å². The smallest absolute Gasteiger partial charge is 0.314 e. The van der Waals surface area contributed by atoms with Gasteiger partial charge in [0, 0.05) is 12.5 Å². The molecule has 108 valence electrons. The van der Waals surface area contributed by atoms with Crippen molar-refractivity contribution in [1.82, 2.24) is 5.32 Å². The molecule has 0 heterocycles. The molecule has 0 bridgehead atoms. The highest BCUT2D eigenvalue weighted by Crippen LogP contribution is 2.36. The summed E-state index contributed by atoms with van der Waals surface area (Å²) >= 11 is 0. The standard InChI is InChI=1S/C14H26F3N/c1-3-11-7-8-12(10-11)13(18-4-2)6-5-9-14(15,16)17/h11-13,18H,3-10H2,1-2H3. The van der Waals surface area contributed by atoms with Gasteiger partial charge in [0.15, 0.2) is 0 Å². The van der Waals surface area contributed by atoms with Crippen molar-refractivity contribution in [3.8, 4) is 0 Å². The average molecular weight is 265 g/mol. The van der Waals surface area contributed by atoms with E-state index in [1.165, 1.54) is 25.7 Å². The first kappa shape index (κ1) is 15.8. The highest BCUT2D eigenvalue weighted by atomic mass is 19.4. The lowest BCUT2D eigenvalue weighted by molar-refractivity contribution is -0.136. The second-order valence-corrected chi connectivity index (χ2v) is 5.52. The summed E-state index contributed by atoms with van der Waals surface area (Å²) in [4.78, 5) is 0. The fourth-order valence-corrected chi connectivity index (χ4v) is 3.14. The first-order chi connectivity index (χ1) is 8.46. The molecule has 0 spiro atoms. The van der Waals surface area contributed by atoms with Gasteiger partial charge in [-0.3, -0.25) is 0 Å². The van der Waals surface area contributed by atoms with Gasteiger partial charge in [-0.2, -0.15) is 13.2 Å². The molecule has 1 rings (SSSR count). The molecular formula is C14H26F3N. The molecule has 1 saturated carbocycles. The first-order valence-electron chi connectivity index (χ1n) is 7.26. The highest BCUT2D eigenvalue weighted by molar-refractivity contribution is 4.84. The van der Waals surface area contributed by atoms with Crippen molar-refractivity contribution >= 4 is 0 Å². The molecule has 0 radical (unpaired) electrons. The summed E-state index contributed by atoms with van der Waals surface area (Å²) in [6.45, 7) is 5.09. The normalized spacial score (nSPS) is 26.5. The van der Waals surface area contributed by atoms with Crippen LogP contribution in [-0.2, 0) is 0 Å². The molecule has 3 unspecified atom stereocenters. The van der Waals surface area contributed by atoms with E-state index in [1.54, 1.807) is 0 Å². The molecule has 0 aliphatic heterocycles. The summed E-state index contributed by atoms with van der Waals surface area (Å²) in [6.07, 6.45) is 1.11. The Hall–Kier alpha value is -0.250. The second-order valence-electron chi connectivity index (χ2n) is 5.52. The molecule has 0 aromatic heterocycles. The van der Waals surface area contributed by atoms with Gasteiger partial charge < -0.3 is 5.32 Å². The lowest BCUT2D eigenvalue weighted by Crippen LogP contribution is -2.35. The minimum Gasteiger partial charge on any atom is -0.314 e. The third-order valence-corrected chi connectivity index (χ3v) is 4.17. The predicted octanol–water partition coefficient (Wildman–Crippen LogP) is 4.52. The third kappa shape index (κ3) is 5.59. The maximum Gasteiger partial charge on any atom is 0.389 e. The molecule has 3 atom stereocenters. The summed E-state index contributed by atoms with van der Waals surface area (Å²) in [5, 5.41) is 3.39. The van der Waals surface area contributed by atoms with Crippen molar-refractivity contribution in [2.75, 3.05) is 6.54 Å². The molecular weight excluding hydrogens is 239 g/mol. The van der Waals surface area contributed by atoms with Crippen LogP contribution >= 0.6 is 0 Å². The van der Waals surface area contributed by atoms with Crippen LogP contribution in [0.1, 0.15) is 58.8 Å². The van der Waals surface area contributed by atoms with Gasteiger partial charge in [-0.25, -0.2) is 0 Å². The molecule has 4 heteroatoms. The molecule has 0 saturated heterocycles. The van der Waals surface area contributed by atoms with Gasteiger partial charge >= 0.3 is 6.18 Å². The number of hydrogen-bond acceptors (Lipinski definition) is 1. The first-order valence-corrected chi connectivity index (χ1v) is 7.26. The van der Waals surface area contributed by atoms with Gasteiger partial charge in [0.2, 0.25) is 0 Å². The number of nitrogens with one attached hydrogen (secondary N) is 1. The Morgan fingerprint density at radius 1 is 1.22 bits per heavy atom. The molecule has 18 heavy (non-hydrogen) atoms. The van der Waals surface area contributed by atoms with Crippen LogP contribution in [-0.4, -0.2) is 18.8 Å².